The number of aliphatic hydroxyl groups excluding tert-OH is 1. The third kappa shape index (κ3) is 2.28. The van der Waals surface area contributed by atoms with Gasteiger partial charge >= 0.3 is 11.8 Å². The molecule has 1 rings (SSSR count). The van der Waals surface area contributed by atoms with Crippen molar-refractivity contribution < 1.29 is 19.9 Å². The highest BCUT2D eigenvalue weighted by atomic mass is 79.9. The SMILES string of the molecule is O=C(O)C(O)c1ccnc([N+](=O)[O-])c1Br. The van der Waals surface area contributed by atoms with Gasteiger partial charge in [0.05, 0.1) is 0 Å². The van der Waals surface area contributed by atoms with Crippen LogP contribution >= 0.6 is 15.9 Å². The number of rotatable bonds is 3. The molecule has 1 aromatic heterocycles. The molecule has 7 nitrogen and oxygen atoms in total. The van der Waals surface area contributed by atoms with Gasteiger partial charge < -0.3 is 20.3 Å². The Hall–Kier alpha value is -1.54. The minimum absolute atomic E-state index is 0.107. The maximum atomic E-state index is 10.5. The molecule has 0 bridgehead atoms. The molecule has 0 radical (unpaired) electrons. The highest BCUT2D eigenvalue weighted by Gasteiger charge is 2.25. The van der Waals surface area contributed by atoms with Gasteiger partial charge in [-0.25, -0.2) is 4.79 Å². The third-order valence-corrected chi connectivity index (χ3v) is 2.41. The largest absolute Gasteiger partial charge is 0.479 e. The van der Waals surface area contributed by atoms with Gasteiger partial charge in [0.25, 0.3) is 0 Å². The van der Waals surface area contributed by atoms with Gasteiger partial charge in [0, 0.05) is 5.56 Å². The van der Waals surface area contributed by atoms with Crippen molar-refractivity contribution in [3.05, 3.63) is 32.4 Å². The van der Waals surface area contributed by atoms with E-state index in [-0.39, 0.29) is 10.0 Å². The molecule has 0 aliphatic heterocycles. The summed E-state index contributed by atoms with van der Waals surface area (Å²) in [6.07, 6.45) is -0.759. The van der Waals surface area contributed by atoms with E-state index in [1.165, 1.54) is 6.07 Å². The van der Waals surface area contributed by atoms with Crippen molar-refractivity contribution in [3.63, 3.8) is 0 Å². The fourth-order valence-corrected chi connectivity index (χ4v) is 1.51. The van der Waals surface area contributed by atoms with E-state index in [9.17, 15) is 20.0 Å². The lowest BCUT2D eigenvalue weighted by molar-refractivity contribution is -0.390. The summed E-state index contributed by atoms with van der Waals surface area (Å²) in [5.41, 5.74) is -0.107. The molecule has 0 spiro atoms. The zero-order valence-electron chi connectivity index (χ0n) is 7.12. The second kappa shape index (κ2) is 4.32. The molecule has 0 amide bonds. The minimum Gasteiger partial charge on any atom is -0.479 e. The fourth-order valence-electron chi connectivity index (χ4n) is 0.919. The molecule has 1 unspecified atom stereocenters. The first-order valence-electron chi connectivity index (χ1n) is 3.64. The van der Waals surface area contributed by atoms with Crippen LogP contribution in [-0.2, 0) is 4.79 Å². The predicted octanol–water partition coefficient (Wildman–Crippen LogP) is 0.870. The second-order valence-electron chi connectivity index (χ2n) is 2.54. The number of aromatic nitrogens is 1. The summed E-state index contributed by atoms with van der Waals surface area (Å²) in [6.45, 7) is 0. The Balaban J connectivity index is 3.26. The Labute approximate surface area is 91.7 Å². The average molecular weight is 277 g/mol. The molecule has 8 heteroatoms. The normalized spacial score (nSPS) is 12.1. The Bertz CT molecular complexity index is 422. The van der Waals surface area contributed by atoms with Crippen molar-refractivity contribution in [2.24, 2.45) is 0 Å². The van der Waals surface area contributed by atoms with Gasteiger partial charge in [-0.1, -0.05) is 0 Å². The van der Waals surface area contributed by atoms with Gasteiger partial charge in [-0.2, -0.15) is 0 Å². The van der Waals surface area contributed by atoms with E-state index < -0.39 is 22.8 Å². The maximum absolute atomic E-state index is 10.5. The van der Waals surface area contributed by atoms with Crippen molar-refractivity contribution in [2.75, 3.05) is 0 Å². The van der Waals surface area contributed by atoms with Gasteiger partial charge in [0.1, 0.15) is 10.7 Å². The Morgan fingerprint density at radius 2 is 2.27 bits per heavy atom. The number of carbonyl (C=O) groups is 1. The average Bonchev–Trinajstić information content (AvgIpc) is 2.16. The number of hydrogen-bond donors (Lipinski definition) is 2. The summed E-state index contributed by atoms with van der Waals surface area (Å²) >= 11 is 2.82. The van der Waals surface area contributed by atoms with Crippen LogP contribution in [0, 0.1) is 10.1 Å². The molecule has 0 fully saturated rings. The number of halogens is 1. The van der Waals surface area contributed by atoms with Crippen LogP contribution in [0.3, 0.4) is 0 Å². The van der Waals surface area contributed by atoms with Crippen molar-refractivity contribution >= 4 is 27.7 Å². The van der Waals surface area contributed by atoms with E-state index in [0.717, 1.165) is 6.20 Å². The molecule has 0 saturated heterocycles. The van der Waals surface area contributed by atoms with E-state index in [4.69, 9.17) is 5.11 Å². The lowest BCUT2D eigenvalue weighted by Gasteiger charge is -2.06. The Kier molecular flexibility index (Phi) is 3.32. The minimum atomic E-state index is -1.82. The lowest BCUT2D eigenvalue weighted by Crippen LogP contribution is -2.12. The molecule has 0 aliphatic rings. The lowest BCUT2D eigenvalue weighted by atomic mass is 10.1. The van der Waals surface area contributed by atoms with Crippen molar-refractivity contribution in [3.8, 4) is 0 Å². The van der Waals surface area contributed by atoms with E-state index in [1.54, 1.807) is 0 Å². The number of aliphatic carboxylic acids is 1. The molecular weight excluding hydrogens is 272 g/mol. The number of hydrogen-bond acceptors (Lipinski definition) is 5. The molecule has 80 valence electrons. The van der Waals surface area contributed by atoms with Crippen LogP contribution < -0.4 is 0 Å². The topological polar surface area (TPSA) is 114 Å². The quantitative estimate of drug-likeness (QED) is 0.626. The van der Waals surface area contributed by atoms with Gasteiger partial charge in [0.2, 0.25) is 0 Å². The van der Waals surface area contributed by atoms with Gasteiger partial charge in [-0.15, -0.1) is 0 Å². The first kappa shape index (κ1) is 11.5. The summed E-state index contributed by atoms with van der Waals surface area (Å²) in [5, 5.41) is 28.2. The summed E-state index contributed by atoms with van der Waals surface area (Å²) < 4.78 is -0.134. The molecule has 0 aliphatic carbocycles. The van der Waals surface area contributed by atoms with Crippen LogP contribution in [0.25, 0.3) is 0 Å². The fraction of sp³-hybridized carbons (Fsp3) is 0.143. The molecule has 15 heavy (non-hydrogen) atoms. The number of carboxylic acids is 1. The van der Waals surface area contributed by atoms with Gasteiger partial charge in [-0.3, -0.25) is 0 Å². The van der Waals surface area contributed by atoms with Crippen LogP contribution in [0.15, 0.2) is 16.7 Å². The van der Waals surface area contributed by atoms with Crippen LogP contribution in [0.5, 0.6) is 0 Å². The molecule has 1 aromatic rings. The maximum Gasteiger partial charge on any atom is 0.378 e. The molecule has 0 saturated carbocycles. The van der Waals surface area contributed by atoms with Crippen LogP contribution in [0.4, 0.5) is 5.82 Å². The molecule has 2 N–H and O–H groups in total. The van der Waals surface area contributed by atoms with Crippen molar-refractivity contribution in [1.82, 2.24) is 4.98 Å². The first-order chi connectivity index (χ1) is 6.95. The summed E-state index contributed by atoms with van der Waals surface area (Å²) in [4.78, 5) is 23.6. The smallest absolute Gasteiger partial charge is 0.378 e. The van der Waals surface area contributed by atoms with Crippen LogP contribution in [0.2, 0.25) is 0 Å². The third-order valence-electron chi connectivity index (χ3n) is 1.60. The van der Waals surface area contributed by atoms with Crippen molar-refractivity contribution in [1.29, 1.82) is 0 Å². The summed E-state index contributed by atoms with van der Waals surface area (Å²) in [5.74, 6) is -2.02. The number of carboxylic acid groups (broad SMARTS) is 1. The predicted molar refractivity (Wildman–Crippen MR) is 51.2 cm³/mol. The highest BCUT2D eigenvalue weighted by Crippen LogP contribution is 2.30. The second-order valence-corrected chi connectivity index (χ2v) is 3.33. The zero-order valence-corrected chi connectivity index (χ0v) is 8.71. The van der Waals surface area contributed by atoms with E-state index in [2.05, 4.69) is 20.9 Å². The summed E-state index contributed by atoms with van der Waals surface area (Å²) in [6, 6.07) is 1.19. The zero-order chi connectivity index (χ0) is 11.6. The molecule has 1 heterocycles. The molecule has 1 atom stereocenters. The number of nitrogens with zero attached hydrogens (tertiary/aromatic N) is 2. The monoisotopic (exact) mass is 276 g/mol. The van der Waals surface area contributed by atoms with E-state index in [1.807, 2.05) is 0 Å². The van der Waals surface area contributed by atoms with Crippen molar-refractivity contribution in [2.45, 2.75) is 6.10 Å². The van der Waals surface area contributed by atoms with Gasteiger partial charge in [0.15, 0.2) is 6.10 Å². The molecular formula is C7H5BrN2O5. The molecule has 0 aromatic carbocycles. The summed E-state index contributed by atoms with van der Waals surface area (Å²) in [7, 11) is 0. The number of pyridine rings is 1. The van der Waals surface area contributed by atoms with Gasteiger partial charge in [-0.05, 0) is 31.9 Å². The number of aliphatic hydroxyl groups is 1. The first-order valence-corrected chi connectivity index (χ1v) is 4.44. The van der Waals surface area contributed by atoms with Crippen LogP contribution in [0.1, 0.15) is 11.7 Å². The van der Waals surface area contributed by atoms with E-state index in [0.29, 0.717) is 0 Å². The highest BCUT2D eigenvalue weighted by molar-refractivity contribution is 9.10. The Morgan fingerprint density at radius 3 is 2.73 bits per heavy atom. The standard InChI is InChI=1S/C7H5BrN2O5/c8-4-3(5(11)7(12)13)1-2-9-6(4)10(14)15/h1-2,5,11H,(H,12,13). The number of nitro groups is 1. The Morgan fingerprint density at radius 1 is 1.67 bits per heavy atom. The van der Waals surface area contributed by atoms with E-state index >= 15 is 0 Å². The van der Waals surface area contributed by atoms with Crippen LogP contribution in [-0.4, -0.2) is 26.1 Å².